The smallest absolute Gasteiger partial charge is 0.256 e. The SMILES string of the molecule is CCCCC(=O)N1CCc2nc(Cc3ccc(C)cc3)[nH]c(=O)c2C1. The van der Waals surface area contributed by atoms with Crippen LogP contribution in [-0.2, 0) is 24.2 Å². The molecule has 1 N–H and O–H groups in total. The number of benzene rings is 1. The summed E-state index contributed by atoms with van der Waals surface area (Å²) in [4.78, 5) is 34.0. The van der Waals surface area contributed by atoms with Gasteiger partial charge in [-0.15, -0.1) is 0 Å². The molecule has 5 heteroatoms. The number of rotatable bonds is 5. The highest BCUT2D eigenvalue weighted by atomic mass is 16.2. The molecule has 0 bridgehead atoms. The van der Waals surface area contributed by atoms with E-state index in [1.165, 1.54) is 5.56 Å². The van der Waals surface area contributed by atoms with Crippen molar-refractivity contribution < 1.29 is 4.79 Å². The van der Waals surface area contributed by atoms with Gasteiger partial charge in [0.1, 0.15) is 5.82 Å². The van der Waals surface area contributed by atoms with Gasteiger partial charge in [-0.1, -0.05) is 43.2 Å². The summed E-state index contributed by atoms with van der Waals surface area (Å²) in [6.45, 7) is 5.15. The molecule has 1 aromatic carbocycles. The molecular weight excluding hydrogens is 314 g/mol. The zero-order valence-corrected chi connectivity index (χ0v) is 15.0. The number of fused-ring (bicyclic) bond motifs is 1. The number of unbranched alkanes of at least 4 members (excludes halogenated alkanes) is 1. The number of nitrogens with zero attached hydrogens (tertiary/aromatic N) is 2. The molecule has 0 radical (unpaired) electrons. The van der Waals surface area contributed by atoms with Crippen molar-refractivity contribution in [2.24, 2.45) is 0 Å². The van der Waals surface area contributed by atoms with Crippen LogP contribution in [0.15, 0.2) is 29.1 Å². The first-order valence-corrected chi connectivity index (χ1v) is 9.01. The fraction of sp³-hybridized carbons (Fsp3) is 0.450. The van der Waals surface area contributed by atoms with Gasteiger partial charge >= 0.3 is 0 Å². The number of hydrogen-bond donors (Lipinski definition) is 1. The fourth-order valence-electron chi connectivity index (χ4n) is 3.16. The quantitative estimate of drug-likeness (QED) is 0.911. The summed E-state index contributed by atoms with van der Waals surface area (Å²) in [5.41, 5.74) is 3.71. The molecule has 0 fully saturated rings. The van der Waals surface area contributed by atoms with E-state index in [1.807, 2.05) is 0 Å². The van der Waals surface area contributed by atoms with E-state index in [0.717, 1.165) is 24.1 Å². The third kappa shape index (κ3) is 4.16. The highest BCUT2D eigenvalue weighted by Crippen LogP contribution is 2.16. The van der Waals surface area contributed by atoms with Crippen molar-refractivity contribution in [2.45, 2.75) is 52.5 Å². The molecule has 0 unspecified atom stereocenters. The van der Waals surface area contributed by atoms with E-state index in [1.54, 1.807) is 4.90 Å². The number of aryl methyl sites for hydroxylation is 1. The number of hydrogen-bond acceptors (Lipinski definition) is 3. The van der Waals surface area contributed by atoms with Crippen LogP contribution in [0.1, 0.15) is 54.4 Å². The Labute approximate surface area is 148 Å². The highest BCUT2D eigenvalue weighted by molar-refractivity contribution is 5.76. The Bertz CT molecular complexity index is 809. The molecule has 0 atom stereocenters. The van der Waals surface area contributed by atoms with E-state index in [9.17, 15) is 9.59 Å². The summed E-state index contributed by atoms with van der Waals surface area (Å²) in [7, 11) is 0. The molecule has 3 rings (SSSR count). The van der Waals surface area contributed by atoms with Crippen molar-refractivity contribution in [1.29, 1.82) is 0 Å². The van der Waals surface area contributed by atoms with Crippen LogP contribution in [0.5, 0.6) is 0 Å². The van der Waals surface area contributed by atoms with E-state index in [4.69, 9.17) is 0 Å². The lowest BCUT2D eigenvalue weighted by atomic mass is 10.0. The molecule has 0 saturated heterocycles. The molecule has 0 aliphatic carbocycles. The number of carbonyl (C=O) groups is 1. The number of carbonyl (C=O) groups excluding carboxylic acids is 1. The molecule has 2 aromatic rings. The maximum Gasteiger partial charge on any atom is 0.256 e. The van der Waals surface area contributed by atoms with E-state index < -0.39 is 0 Å². The summed E-state index contributed by atoms with van der Waals surface area (Å²) < 4.78 is 0. The number of amides is 1. The number of H-pyrrole nitrogens is 1. The van der Waals surface area contributed by atoms with Gasteiger partial charge in [0, 0.05) is 25.8 Å². The van der Waals surface area contributed by atoms with Gasteiger partial charge in [-0.3, -0.25) is 9.59 Å². The minimum atomic E-state index is -0.111. The van der Waals surface area contributed by atoms with E-state index in [-0.39, 0.29) is 11.5 Å². The van der Waals surface area contributed by atoms with Crippen LogP contribution in [0.2, 0.25) is 0 Å². The second-order valence-corrected chi connectivity index (χ2v) is 6.77. The largest absolute Gasteiger partial charge is 0.338 e. The lowest BCUT2D eigenvalue weighted by Gasteiger charge is -2.28. The van der Waals surface area contributed by atoms with Crippen LogP contribution >= 0.6 is 0 Å². The average Bonchev–Trinajstić information content (AvgIpc) is 2.61. The summed E-state index contributed by atoms with van der Waals surface area (Å²) in [5.74, 6) is 0.828. The van der Waals surface area contributed by atoms with Gasteiger partial charge in [-0.2, -0.15) is 0 Å². The van der Waals surface area contributed by atoms with E-state index in [2.05, 4.69) is 48.1 Å². The van der Waals surface area contributed by atoms with Crippen molar-refractivity contribution in [3.8, 4) is 0 Å². The maximum atomic E-state index is 12.5. The molecular formula is C20H25N3O2. The summed E-state index contributed by atoms with van der Waals surface area (Å²) in [5, 5.41) is 0. The monoisotopic (exact) mass is 339 g/mol. The maximum absolute atomic E-state index is 12.5. The average molecular weight is 339 g/mol. The number of aromatic amines is 1. The Kier molecular flexibility index (Phi) is 5.31. The third-order valence-electron chi connectivity index (χ3n) is 4.71. The first kappa shape index (κ1) is 17.4. The molecule has 1 aromatic heterocycles. The van der Waals surface area contributed by atoms with Gasteiger partial charge in [0.2, 0.25) is 5.91 Å². The van der Waals surface area contributed by atoms with E-state index >= 15 is 0 Å². The molecule has 1 aliphatic rings. The Balaban J connectivity index is 1.76. The molecule has 1 amide bonds. The van der Waals surface area contributed by atoms with Gasteiger partial charge in [0.25, 0.3) is 5.56 Å². The lowest BCUT2D eigenvalue weighted by Crippen LogP contribution is -2.39. The van der Waals surface area contributed by atoms with Gasteiger partial charge in [0.15, 0.2) is 0 Å². The van der Waals surface area contributed by atoms with Crippen LogP contribution in [0.25, 0.3) is 0 Å². The van der Waals surface area contributed by atoms with Crippen LogP contribution < -0.4 is 5.56 Å². The number of aromatic nitrogens is 2. The Hall–Kier alpha value is -2.43. The van der Waals surface area contributed by atoms with Gasteiger partial charge in [0.05, 0.1) is 17.8 Å². The van der Waals surface area contributed by atoms with Crippen LogP contribution in [0.4, 0.5) is 0 Å². The zero-order valence-electron chi connectivity index (χ0n) is 15.0. The predicted octanol–water partition coefficient (Wildman–Crippen LogP) is 2.74. The molecule has 0 saturated carbocycles. The standard InChI is InChI=1S/C20H25N3O2/c1-3-4-5-19(24)23-11-10-17-16(13-23)20(25)22-18(21-17)12-15-8-6-14(2)7-9-15/h6-9H,3-5,10-13H2,1-2H3,(H,21,22,25). The molecule has 2 heterocycles. The minimum absolute atomic E-state index is 0.111. The van der Waals surface area contributed by atoms with Gasteiger partial charge in [-0.05, 0) is 18.9 Å². The lowest BCUT2D eigenvalue weighted by molar-refractivity contribution is -0.132. The van der Waals surface area contributed by atoms with Gasteiger partial charge in [-0.25, -0.2) is 4.98 Å². The van der Waals surface area contributed by atoms with Gasteiger partial charge < -0.3 is 9.88 Å². The molecule has 0 spiro atoms. The normalized spacial score (nSPS) is 13.6. The number of nitrogens with one attached hydrogen (secondary N) is 1. The highest BCUT2D eigenvalue weighted by Gasteiger charge is 2.24. The minimum Gasteiger partial charge on any atom is -0.338 e. The first-order chi connectivity index (χ1) is 12.1. The molecule has 1 aliphatic heterocycles. The second kappa shape index (κ2) is 7.64. The zero-order chi connectivity index (χ0) is 17.8. The fourth-order valence-corrected chi connectivity index (χ4v) is 3.16. The Morgan fingerprint density at radius 1 is 1.28 bits per heavy atom. The van der Waals surface area contributed by atoms with Crippen molar-refractivity contribution in [3.63, 3.8) is 0 Å². The van der Waals surface area contributed by atoms with Crippen LogP contribution in [-0.4, -0.2) is 27.3 Å². The summed E-state index contributed by atoms with van der Waals surface area (Å²) in [6.07, 6.45) is 3.72. The third-order valence-corrected chi connectivity index (χ3v) is 4.71. The Morgan fingerprint density at radius 3 is 2.76 bits per heavy atom. The second-order valence-electron chi connectivity index (χ2n) is 6.77. The predicted molar refractivity (Wildman–Crippen MR) is 97.5 cm³/mol. The van der Waals surface area contributed by atoms with Crippen molar-refractivity contribution in [3.05, 3.63) is 62.8 Å². The topological polar surface area (TPSA) is 66.1 Å². The van der Waals surface area contributed by atoms with Crippen molar-refractivity contribution in [1.82, 2.24) is 14.9 Å². The van der Waals surface area contributed by atoms with Crippen LogP contribution in [0.3, 0.4) is 0 Å². The Morgan fingerprint density at radius 2 is 2.04 bits per heavy atom. The summed E-state index contributed by atoms with van der Waals surface area (Å²) >= 11 is 0. The molecule has 5 nitrogen and oxygen atoms in total. The van der Waals surface area contributed by atoms with Crippen molar-refractivity contribution in [2.75, 3.05) is 6.54 Å². The van der Waals surface area contributed by atoms with Crippen LogP contribution in [0, 0.1) is 6.92 Å². The molecule has 25 heavy (non-hydrogen) atoms. The van der Waals surface area contributed by atoms with E-state index in [0.29, 0.717) is 43.7 Å². The summed E-state index contributed by atoms with van der Waals surface area (Å²) in [6, 6.07) is 8.24. The van der Waals surface area contributed by atoms with Crippen molar-refractivity contribution >= 4 is 5.91 Å². The molecule has 132 valence electrons. The first-order valence-electron chi connectivity index (χ1n) is 9.01.